The molecule has 4 nitrogen and oxygen atoms in total. The average molecular weight is 262 g/mol. The summed E-state index contributed by atoms with van der Waals surface area (Å²) in [7, 11) is 9.90. The van der Waals surface area contributed by atoms with Crippen LogP contribution in [-0.2, 0) is 0 Å². The molecule has 0 aliphatic carbocycles. The number of hydrogen-bond donors (Lipinski definition) is 1. The van der Waals surface area contributed by atoms with E-state index in [9.17, 15) is 0 Å². The van der Waals surface area contributed by atoms with Crippen LogP contribution in [0.3, 0.4) is 0 Å². The van der Waals surface area contributed by atoms with Gasteiger partial charge in [-0.2, -0.15) is 0 Å². The second kappa shape index (κ2) is 7.76. The number of rotatable bonds is 4. The summed E-state index contributed by atoms with van der Waals surface area (Å²) in [5, 5.41) is 4.34. The SMILES string of the molecule is CN(C)CCCN(C)C(=S)NC(=S)N(C)C. The lowest BCUT2D eigenvalue weighted by Gasteiger charge is -2.24. The molecule has 16 heavy (non-hydrogen) atoms. The summed E-state index contributed by atoms with van der Waals surface area (Å²) in [6.07, 6.45) is 1.08. The Kier molecular flexibility index (Phi) is 7.53. The normalized spacial score (nSPS) is 10.1. The third kappa shape index (κ3) is 6.92. The molecular formula is C10H22N4S2. The number of nitrogens with one attached hydrogen (secondary N) is 1. The highest BCUT2D eigenvalue weighted by Gasteiger charge is 2.06. The van der Waals surface area contributed by atoms with Gasteiger partial charge in [0, 0.05) is 27.7 Å². The second-order valence-corrected chi connectivity index (χ2v) is 4.98. The highest BCUT2D eigenvalue weighted by Crippen LogP contribution is 1.92. The fraction of sp³-hybridized carbons (Fsp3) is 0.800. The fourth-order valence-electron chi connectivity index (χ4n) is 1.02. The van der Waals surface area contributed by atoms with Crippen molar-refractivity contribution < 1.29 is 0 Å². The van der Waals surface area contributed by atoms with Crippen molar-refractivity contribution >= 4 is 34.7 Å². The van der Waals surface area contributed by atoms with Crippen LogP contribution in [0.1, 0.15) is 6.42 Å². The molecule has 0 aromatic carbocycles. The van der Waals surface area contributed by atoms with Gasteiger partial charge < -0.3 is 20.0 Å². The van der Waals surface area contributed by atoms with E-state index in [4.69, 9.17) is 24.4 Å². The van der Waals surface area contributed by atoms with Crippen molar-refractivity contribution in [2.24, 2.45) is 0 Å². The molecule has 0 aromatic heterocycles. The van der Waals surface area contributed by atoms with Crippen LogP contribution in [0.2, 0.25) is 0 Å². The summed E-state index contributed by atoms with van der Waals surface area (Å²) in [6, 6.07) is 0. The van der Waals surface area contributed by atoms with Crippen molar-refractivity contribution in [3.8, 4) is 0 Å². The van der Waals surface area contributed by atoms with Gasteiger partial charge in [0.05, 0.1) is 0 Å². The Balaban J connectivity index is 3.86. The maximum Gasteiger partial charge on any atom is 0.174 e. The van der Waals surface area contributed by atoms with Gasteiger partial charge >= 0.3 is 0 Å². The van der Waals surface area contributed by atoms with Crippen LogP contribution in [-0.4, -0.2) is 73.3 Å². The molecule has 0 aromatic rings. The summed E-state index contributed by atoms with van der Waals surface area (Å²) in [5.74, 6) is 0. The highest BCUT2D eigenvalue weighted by molar-refractivity contribution is 7.81. The van der Waals surface area contributed by atoms with Gasteiger partial charge in [0.1, 0.15) is 0 Å². The quantitative estimate of drug-likeness (QED) is 0.744. The zero-order chi connectivity index (χ0) is 12.7. The van der Waals surface area contributed by atoms with E-state index >= 15 is 0 Å². The van der Waals surface area contributed by atoms with Crippen LogP contribution in [0.25, 0.3) is 0 Å². The zero-order valence-corrected chi connectivity index (χ0v) is 12.4. The lowest BCUT2D eigenvalue weighted by molar-refractivity contribution is 0.369. The van der Waals surface area contributed by atoms with Crippen molar-refractivity contribution in [3.05, 3.63) is 0 Å². The summed E-state index contributed by atoms with van der Waals surface area (Å²) in [6.45, 7) is 1.99. The average Bonchev–Trinajstić information content (AvgIpc) is 2.16. The molecule has 0 aliphatic rings. The molecular weight excluding hydrogens is 240 g/mol. The smallest absolute Gasteiger partial charge is 0.174 e. The lowest BCUT2D eigenvalue weighted by Crippen LogP contribution is -2.45. The molecule has 1 N–H and O–H groups in total. The van der Waals surface area contributed by atoms with Gasteiger partial charge in [-0.25, -0.2) is 0 Å². The van der Waals surface area contributed by atoms with Crippen molar-refractivity contribution in [2.45, 2.75) is 6.42 Å². The predicted octanol–water partition coefficient (Wildman–Crippen LogP) is 0.591. The van der Waals surface area contributed by atoms with Crippen molar-refractivity contribution in [3.63, 3.8) is 0 Å². The maximum absolute atomic E-state index is 5.24. The first kappa shape index (κ1) is 15.5. The van der Waals surface area contributed by atoms with Crippen LogP contribution < -0.4 is 5.32 Å². The van der Waals surface area contributed by atoms with Gasteiger partial charge in [-0.15, -0.1) is 0 Å². The monoisotopic (exact) mass is 262 g/mol. The largest absolute Gasteiger partial charge is 0.355 e. The van der Waals surface area contributed by atoms with E-state index in [2.05, 4.69) is 24.3 Å². The van der Waals surface area contributed by atoms with Crippen molar-refractivity contribution in [2.75, 3.05) is 48.3 Å². The molecule has 0 rings (SSSR count). The molecule has 0 spiro atoms. The van der Waals surface area contributed by atoms with Gasteiger partial charge in [-0.3, -0.25) is 0 Å². The molecule has 94 valence electrons. The molecule has 0 saturated carbocycles. The van der Waals surface area contributed by atoms with E-state index in [0.717, 1.165) is 19.5 Å². The Morgan fingerprint density at radius 2 is 1.50 bits per heavy atom. The van der Waals surface area contributed by atoms with E-state index in [1.807, 2.05) is 30.9 Å². The van der Waals surface area contributed by atoms with Crippen LogP contribution >= 0.6 is 24.4 Å². The second-order valence-electron chi connectivity index (χ2n) is 4.21. The Morgan fingerprint density at radius 3 is 1.94 bits per heavy atom. The maximum atomic E-state index is 5.24. The molecule has 0 amide bonds. The molecule has 0 radical (unpaired) electrons. The van der Waals surface area contributed by atoms with E-state index in [0.29, 0.717) is 10.2 Å². The third-order valence-corrected chi connectivity index (χ3v) is 2.95. The molecule has 0 fully saturated rings. The Hall–Kier alpha value is -0.460. The molecule has 6 heteroatoms. The van der Waals surface area contributed by atoms with Gasteiger partial charge in [0.25, 0.3) is 0 Å². The standard InChI is InChI=1S/C10H22N4S2/c1-12(2)7-6-8-14(5)10(16)11-9(15)13(3)4/h6-8H2,1-5H3,(H,11,15,16). The Bertz CT molecular complexity index is 241. The summed E-state index contributed by atoms with van der Waals surface area (Å²) in [5.41, 5.74) is 0. The number of thiocarbonyl (C=S) groups is 2. The Labute approximate surface area is 110 Å². The lowest BCUT2D eigenvalue weighted by atomic mass is 10.4. The van der Waals surface area contributed by atoms with E-state index < -0.39 is 0 Å². The van der Waals surface area contributed by atoms with Crippen molar-refractivity contribution in [1.82, 2.24) is 20.0 Å². The topological polar surface area (TPSA) is 21.8 Å². The first-order valence-corrected chi connectivity index (χ1v) is 6.04. The third-order valence-electron chi connectivity index (χ3n) is 2.07. The molecule has 0 saturated heterocycles. The molecule has 0 bridgehead atoms. The minimum atomic E-state index is 0.643. The first-order valence-electron chi connectivity index (χ1n) is 5.22. The van der Waals surface area contributed by atoms with Gasteiger partial charge in [0.2, 0.25) is 0 Å². The van der Waals surface area contributed by atoms with Gasteiger partial charge in [0.15, 0.2) is 10.2 Å². The van der Waals surface area contributed by atoms with Crippen LogP contribution in [0, 0.1) is 0 Å². The Morgan fingerprint density at radius 1 is 0.938 bits per heavy atom. The number of nitrogens with zero attached hydrogens (tertiary/aromatic N) is 3. The minimum absolute atomic E-state index is 0.643. The van der Waals surface area contributed by atoms with E-state index in [-0.39, 0.29) is 0 Å². The zero-order valence-electron chi connectivity index (χ0n) is 10.8. The molecule has 0 unspecified atom stereocenters. The van der Waals surface area contributed by atoms with Gasteiger partial charge in [-0.1, -0.05) is 0 Å². The van der Waals surface area contributed by atoms with Crippen LogP contribution in [0.5, 0.6) is 0 Å². The fourth-order valence-corrected chi connectivity index (χ4v) is 1.37. The van der Waals surface area contributed by atoms with E-state index in [1.54, 1.807) is 0 Å². The molecule has 0 heterocycles. The van der Waals surface area contributed by atoms with Crippen molar-refractivity contribution in [1.29, 1.82) is 0 Å². The highest BCUT2D eigenvalue weighted by atomic mass is 32.1. The molecule has 0 atom stereocenters. The van der Waals surface area contributed by atoms with Crippen LogP contribution in [0.15, 0.2) is 0 Å². The number of hydrogen-bond acceptors (Lipinski definition) is 3. The predicted molar refractivity (Wildman–Crippen MR) is 77.8 cm³/mol. The first-order chi connectivity index (χ1) is 7.34. The molecule has 0 aliphatic heterocycles. The van der Waals surface area contributed by atoms with Crippen LogP contribution in [0.4, 0.5) is 0 Å². The summed E-state index contributed by atoms with van der Waals surface area (Å²) < 4.78 is 0. The summed E-state index contributed by atoms with van der Waals surface area (Å²) >= 11 is 10.4. The van der Waals surface area contributed by atoms with Gasteiger partial charge in [-0.05, 0) is 51.5 Å². The minimum Gasteiger partial charge on any atom is -0.355 e. The summed E-state index contributed by atoms with van der Waals surface area (Å²) in [4.78, 5) is 6.00. The van der Waals surface area contributed by atoms with E-state index in [1.165, 1.54) is 0 Å².